The summed E-state index contributed by atoms with van der Waals surface area (Å²) in [7, 11) is 0. The van der Waals surface area contributed by atoms with Crippen LogP contribution in [0.4, 0.5) is 0 Å². The largest absolute Gasteiger partial charge is 0.493 e. The SMILES string of the molecule is O=C=NC1(c2cccc3c2OCCC3)CCC1. The summed E-state index contributed by atoms with van der Waals surface area (Å²) in [5.74, 6) is 0.970. The zero-order valence-corrected chi connectivity index (χ0v) is 9.74. The second-order valence-corrected chi connectivity index (χ2v) is 4.83. The van der Waals surface area contributed by atoms with Crippen LogP contribution in [-0.4, -0.2) is 12.7 Å². The van der Waals surface area contributed by atoms with E-state index in [4.69, 9.17) is 4.74 Å². The lowest BCUT2D eigenvalue weighted by atomic mass is 9.71. The van der Waals surface area contributed by atoms with Crippen LogP contribution < -0.4 is 4.74 Å². The lowest BCUT2D eigenvalue weighted by Gasteiger charge is -2.39. The molecule has 1 saturated carbocycles. The van der Waals surface area contributed by atoms with E-state index < -0.39 is 0 Å². The molecule has 0 spiro atoms. The summed E-state index contributed by atoms with van der Waals surface area (Å²) in [6.45, 7) is 0.769. The molecule has 0 saturated heterocycles. The van der Waals surface area contributed by atoms with Gasteiger partial charge in [-0.05, 0) is 37.7 Å². The molecule has 3 nitrogen and oxygen atoms in total. The lowest BCUT2D eigenvalue weighted by molar-refractivity contribution is 0.229. The quantitative estimate of drug-likeness (QED) is 0.577. The van der Waals surface area contributed by atoms with E-state index in [1.54, 1.807) is 6.08 Å². The summed E-state index contributed by atoms with van der Waals surface area (Å²) in [5.41, 5.74) is 2.00. The maximum absolute atomic E-state index is 10.6. The number of nitrogens with zero attached hydrogens (tertiary/aromatic N) is 1. The van der Waals surface area contributed by atoms with E-state index in [0.717, 1.165) is 50.0 Å². The number of aryl methyl sites for hydroxylation is 1. The van der Waals surface area contributed by atoms with Crippen molar-refractivity contribution in [3.8, 4) is 5.75 Å². The molecule has 2 aliphatic rings. The highest BCUT2D eigenvalue weighted by molar-refractivity contribution is 5.50. The normalized spacial score (nSPS) is 20.5. The molecule has 1 fully saturated rings. The van der Waals surface area contributed by atoms with Gasteiger partial charge in [-0.2, -0.15) is 4.99 Å². The number of hydrogen-bond donors (Lipinski definition) is 0. The maximum Gasteiger partial charge on any atom is 0.235 e. The highest BCUT2D eigenvalue weighted by atomic mass is 16.5. The van der Waals surface area contributed by atoms with Gasteiger partial charge < -0.3 is 4.74 Å². The zero-order chi connectivity index (χ0) is 11.7. The minimum absolute atomic E-state index is 0.343. The number of aliphatic imine (C=N–C) groups is 1. The van der Waals surface area contributed by atoms with Gasteiger partial charge in [-0.3, -0.25) is 0 Å². The number of para-hydroxylation sites is 1. The van der Waals surface area contributed by atoms with Crippen LogP contribution in [0.3, 0.4) is 0 Å². The molecule has 1 aliphatic carbocycles. The van der Waals surface area contributed by atoms with Gasteiger partial charge in [0.05, 0.1) is 6.61 Å². The fourth-order valence-electron chi connectivity index (χ4n) is 2.80. The van der Waals surface area contributed by atoms with Crippen molar-refractivity contribution in [1.82, 2.24) is 0 Å². The summed E-state index contributed by atoms with van der Waals surface area (Å²) in [5, 5.41) is 0. The van der Waals surface area contributed by atoms with Crippen LogP contribution in [0.5, 0.6) is 5.75 Å². The average molecular weight is 229 g/mol. The van der Waals surface area contributed by atoms with Crippen molar-refractivity contribution >= 4 is 6.08 Å². The first-order valence-corrected chi connectivity index (χ1v) is 6.20. The Morgan fingerprint density at radius 1 is 1.29 bits per heavy atom. The van der Waals surface area contributed by atoms with Crippen LogP contribution in [0, 0.1) is 0 Å². The molecule has 1 aromatic carbocycles. The van der Waals surface area contributed by atoms with Gasteiger partial charge in [0.2, 0.25) is 6.08 Å². The molecule has 0 radical (unpaired) electrons. The summed E-state index contributed by atoms with van der Waals surface area (Å²) in [4.78, 5) is 14.7. The molecular weight excluding hydrogens is 214 g/mol. The molecule has 0 unspecified atom stereocenters. The smallest absolute Gasteiger partial charge is 0.235 e. The Morgan fingerprint density at radius 3 is 2.88 bits per heavy atom. The Kier molecular flexibility index (Phi) is 2.49. The minimum Gasteiger partial charge on any atom is -0.493 e. The number of hydrogen-bond acceptors (Lipinski definition) is 3. The van der Waals surface area contributed by atoms with Crippen LogP contribution >= 0.6 is 0 Å². The first-order chi connectivity index (χ1) is 8.36. The maximum atomic E-state index is 10.6. The van der Waals surface area contributed by atoms with Gasteiger partial charge in [0.1, 0.15) is 11.3 Å². The van der Waals surface area contributed by atoms with E-state index in [1.165, 1.54) is 5.56 Å². The van der Waals surface area contributed by atoms with Crippen molar-refractivity contribution in [3.05, 3.63) is 29.3 Å². The van der Waals surface area contributed by atoms with Crippen molar-refractivity contribution < 1.29 is 9.53 Å². The third kappa shape index (κ3) is 1.58. The predicted molar refractivity (Wildman–Crippen MR) is 63.9 cm³/mol. The first-order valence-electron chi connectivity index (χ1n) is 6.20. The molecule has 88 valence electrons. The van der Waals surface area contributed by atoms with E-state index in [1.807, 2.05) is 12.1 Å². The lowest BCUT2D eigenvalue weighted by Crippen LogP contribution is -2.33. The van der Waals surface area contributed by atoms with Gasteiger partial charge in [-0.25, -0.2) is 4.79 Å². The Bertz CT molecular complexity index is 485. The Hall–Kier alpha value is -1.60. The molecule has 3 heteroatoms. The van der Waals surface area contributed by atoms with Gasteiger partial charge in [0, 0.05) is 5.56 Å². The number of fused-ring (bicyclic) bond motifs is 1. The molecule has 0 atom stereocenters. The fraction of sp³-hybridized carbons (Fsp3) is 0.500. The number of benzene rings is 1. The molecule has 0 N–H and O–H groups in total. The highest BCUT2D eigenvalue weighted by Gasteiger charge is 2.41. The molecular formula is C14H15NO2. The van der Waals surface area contributed by atoms with Gasteiger partial charge in [0.15, 0.2) is 0 Å². The monoisotopic (exact) mass is 229 g/mol. The van der Waals surface area contributed by atoms with Crippen molar-refractivity contribution in [3.63, 3.8) is 0 Å². The molecule has 3 rings (SSSR count). The van der Waals surface area contributed by atoms with Gasteiger partial charge in [0.25, 0.3) is 0 Å². The van der Waals surface area contributed by atoms with E-state index in [0.29, 0.717) is 0 Å². The first kappa shape index (κ1) is 10.5. The third-order valence-electron chi connectivity index (χ3n) is 3.88. The summed E-state index contributed by atoms with van der Waals surface area (Å²) in [6.07, 6.45) is 6.85. The number of rotatable bonds is 2. The van der Waals surface area contributed by atoms with Crippen molar-refractivity contribution in [2.75, 3.05) is 6.61 Å². The molecule has 1 aliphatic heterocycles. The zero-order valence-electron chi connectivity index (χ0n) is 9.74. The minimum atomic E-state index is -0.343. The van der Waals surface area contributed by atoms with Crippen LogP contribution in [0.15, 0.2) is 23.2 Å². The van der Waals surface area contributed by atoms with E-state index in [-0.39, 0.29) is 5.54 Å². The Morgan fingerprint density at radius 2 is 2.18 bits per heavy atom. The average Bonchev–Trinajstić information content (AvgIpc) is 2.33. The number of ether oxygens (including phenoxy) is 1. The van der Waals surface area contributed by atoms with Gasteiger partial charge >= 0.3 is 0 Å². The molecule has 17 heavy (non-hydrogen) atoms. The predicted octanol–water partition coefficient (Wildman–Crippen LogP) is 2.73. The van der Waals surface area contributed by atoms with E-state index >= 15 is 0 Å². The number of carbonyl (C=O) groups excluding carboxylic acids is 1. The van der Waals surface area contributed by atoms with Crippen LogP contribution in [0.2, 0.25) is 0 Å². The van der Waals surface area contributed by atoms with Crippen LogP contribution in [0.25, 0.3) is 0 Å². The number of isocyanates is 1. The van der Waals surface area contributed by atoms with E-state index in [9.17, 15) is 4.79 Å². The van der Waals surface area contributed by atoms with Crippen molar-refractivity contribution in [1.29, 1.82) is 0 Å². The summed E-state index contributed by atoms with van der Waals surface area (Å²) in [6, 6.07) is 6.20. The Labute approximate surface area is 101 Å². The molecule has 0 aromatic heterocycles. The molecule has 1 aromatic rings. The van der Waals surface area contributed by atoms with Crippen molar-refractivity contribution in [2.24, 2.45) is 4.99 Å². The van der Waals surface area contributed by atoms with Gasteiger partial charge in [-0.1, -0.05) is 18.2 Å². The molecule has 1 heterocycles. The topological polar surface area (TPSA) is 38.7 Å². The summed E-state index contributed by atoms with van der Waals surface area (Å²) < 4.78 is 5.79. The standard InChI is InChI=1S/C14H15NO2/c16-10-15-14(7-3-8-14)12-6-1-4-11-5-2-9-17-13(11)12/h1,4,6H,2-3,5,7-9H2. The Balaban J connectivity index is 2.10. The third-order valence-corrected chi connectivity index (χ3v) is 3.88. The van der Waals surface area contributed by atoms with Crippen LogP contribution in [0.1, 0.15) is 36.8 Å². The van der Waals surface area contributed by atoms with E-state index in [2.05, 4.69) is 11.1 Å². The molecule has 0 amide bonds. The van der Waals surface area contributed by atoms with Crippen molar-refractivity contribution in [2.45, 2.75) is 37.6 Å². The highest BCUT2D eigenvalue weighted by Crippen LogP contribution is 2.49. The van der Waals surface area contributed by atoms with Crippen LogP contribution in [-0.2, 0) is 16.8 Å². The van der Waals surface area contributed by atoms with Gasteiger partial charge in [-0.15, -0.1) is 0 Å². The summed E-state index contributed by atoms with van der Waals surface area (Å²) >= 11 is 0. The second kappa shape index (κ2) is 4.01. The second-order valence-electron chi connectivity index (χ2n) is 4.83. The fourth-order valence-corrected chi connectivity index (χ4v) is 2.80. The molecule has 0 bridgehead atoms.